The molecule has 0 radical (unpaired) electrons. The smallest absolute Gasteiger partial charge is 0.147 e. The Bertz CT molecular complexity index is 457. The standard InChI is InChI=1S/C15H19NO/c1-10(2)14-13(12-8-6-5-7-9-12)15(11(3)4)17-16-14/h5-11H,1-4H3. The van der Waals surface area contributed by atoms with Crippen molar-refractivity contribution in [2.75, 3.05) is 0 Å². The Morgan fingerprint density at radius 3 is 2.12 bits per heavy atom. The van der Waals surface area contributed by atoms with Crippen molar-refractivity contribution in [3.05, 3.63) is 41.8 Å². The van der Waals surface area contributed by atoms with E-state index in [1.807, 2.05) is 6.07 Å². The molecule has 0 spiro atoms. The van der Waals surface area contributed by atoms with Crippen LogP contribution in [0.4, 0.5) is 0 Å². The molecule has 0 saturated carbocycles. The zero-order chi connectivity index (χ0) is 12.4. The van der Waals surface area contributed by atoms with Crippen LogP contribution in [0.25, 0.3) is 11.1 Å². The fraction of sp³-hybridized carbons (Fsp3) is 0.400. The Balaban J connectivity index is 2.60. The van der Waals surface area contributed by atoms with Gasteiger partial charge in [-0.3, -0.25) is 0 Å². The molecule has 0 bridgehead atoms. The summed E-state index contributed by atoms with van der Waals surface area (Å²) in [6.45, 7) is 8.57. The molecule has 1 heterocycles. The number of benzene rings is 1. The second-order valence-corrected chi connectivity index (χ2v) is 4.98. The van der Waals surface area contributed by atoms with Gasteiger partial charge in [-0.25, -0.2) is 0 Å². The summed E-state index contributed by atoms with van der Waals surface area (Å²) in [7, 11) is 0. The van der Waals surface area contributed by atoms with E-state index in [9.17, 15) is 0 Å². The predicted octanol–water partition coefficient (Wildman–Crippen LogP) is 4.59. The second-order valence-electron chi connectivity index (χ2n) is 4.98. The molecule has 0 amide bonds. The van der Waals surface area contributed by atoms with E-state index in [0.717, 1.165) is 11.5 Å². The maximum absolute atomic E-state index is 5.52. The molecule has 0 aliphatic rings. The average molecular weight is 229 g/mol. The fourth-order valence-electron chi connectivity index (χ4n) is 2.00. The highest BCUT2D eigenvalue weighted by Crippen LogP contribution is 2.35. The summed E-state index contributed by atoms with van der Waals surface area (Å²) < 4.78 is 5.52. The summed E-state index contributed by atoms with van der Waals surface area (Å²) in [4.78, 5) is 0. The van der Waals surface area contributed by atoms with Crippen LogP contribution in [0, 0.1) is 0 Å². The molecule has 17 heavy (non-hydrogen) atoms. The highest BCUT2D eigenvalue weighted by Gasteiger charge is 2.21. The van der Waals surface area contributed by atoms with E-state index < -0.39 is 0 Å². The van der Waals surface area contributed by atoms with Gasteiger partial charge in [0, 0.05) is 11.5 Å². The van der Waals surface area contributed by atoms with Crippen molar-refractivity contribution in [3.63, 3.8) is 0 Å². The first-order valence-corrected chi connectivity index (χ1v) is 6.16. The molecule has 0 aliphatic carbocycles. The van der Waals surface area contributed by atoms with E-state index in [4.69, 9.17) is 4.52 Å². The van der Waals surface area contributed by atoms with E-state index in [0.29, 0.717) is 11.8 Å². The Morgan fingerprint density at radius 1 is 0.941 bits per heavy atom. The normalized spacial score (nSPS) is 11.4. The minimum Gasteiger partial charge on any atom is -0.360 e. The highest BCUT2D eigenvalue weighted by atomic mass is 16.5. The van der Waals surface area contributed by atoms with Crippen molar-refractivity contribution < 1.29 is 4.52 Å². The van der Waals surface area contributed by atoms with Gasteiger partial charge in [0.05, 0.1) is 5.69 Å². The van der Waals surface area contributed by atoms with Crippen LogP contribution in [0.3, 0.4) is 0 Å². The summed E-state index contributed by atoms with van der Waals surface area (Å²) in [5, 5.41) is 4.24. The number of rotatable bonds is 3. The lowest BCUT2D eigenvalue weighted by molar-refractivity contribution is 0.364. The largest absolute Gasteiger partial charge is 0.360 e. The Kier molecular flexibility index (Phi) is 3.32. The average Bonchev–Trinajstić information content (AvgIpc) is 2.74. The van der Waals surface area contributed by atoms with Gasteiger partial charge in [0.2, 0.25) is 0 Å². The van der Waals surface area contributed by atoms with Crippen molar-refractivity contribution in [2.24, 2.45) is 0 Å². The molecular weight excluding hydrogens is 210 g/mol. The van der Waals surface area contributed by atoms with Gasteiger partial charge in [-0.05, 0) is 11.5 Å². The third-order valence-electron chi connectivity index (χ3n) is 2.88. The number of hydrogen-bond acceptors (Lipinski definition) is 2. The summed E-state index contributed by atoms with van der Waals surface area (Å²) >= 11 is 0. The van der Waals surface area contributed by atoms with E-state index >= 15 is 0 Å². The lowest BCUT2D eigenvalue weighted by Crippen LogP contribution is -1.93. The molecule has 0 aliphatic heterocycles. The van der Waals surface area contributed by atoms with Gasteiger partial charge in [0.1, 0.15) is 5.76 Å². The number of aromatic nitrogens is 1. The third-order valence-corrected chi connectivity index (χ3v) is 2.88. The van der Waals surface area contributed by atoms with Crippen molar-refractivity contribution in [3.8, 4) is 11.1 Å². The van der Waals surface area contributed by atoms with E-state index in [1.54, 1.807) is 0 Å². The maximum Gasteiger partial charge on any atom is 0.147 e. The summed E-state index contributed by atoms with van der Waals surface area (Å²) in [5.41, 5.74) is 3.43. The van der Waals surface area contributed by atoms with Crippen molar-refractivity contribution >= 4 is 0 Å². The molecular formula is C15H19NO. The monoisotopic (exact) mass is 229 g/mol. The van der Waals surface area contributed by atoms with Crippen LogP contribution in [-0.4, -0.2) is 5.16 Å². The zero-order valence-corrected chi connectivity index (χ0v) is 10.9. The molecule has 2 nitrogen and oxygen atoms in total. The van der Waals surface area contributed by atoms with Crippen LogP contribution in [-0.2, 0) is 0 Å². The van der Waals surface area contributed by atoms with Gasteiger partial charge >= 0.3 is 0 Å². The second kappa shape index (κ2) is 4.74. The van der Waals surface area contributed by atoms with Crippen LogP contribution >= 0.6 is 0 Å². The SMILES string of the molecule is CC(C)c1noc(C(C)C)c1-c1ccccc1. The van der Waals surface area contributed by atoms with Crippen molar-refractivity contribution in [1.82, 2.24) is 5.16 Å². The zero-order valence-electron chi connectivity index (χ0n) is 10.9. The van der Waals surface area contributed by atoms with Crippen molar-refractivity contribution in [1.29, 1.82) is 0 Å². The van der Waals surface area contributed by atoms with Crippen LogP contribution < -0.4 is 0 Å². The molecule has 0 unspecified atom stereocenters. The summed E-state index contributed by atoms with van der Waals surface area (Å²) in [6, 6.07) is 10.4. The molecule has 0 N–H and O–H groups in total. The Morgan fingerprint density at radius 2 is 1.59 bits per heavy atom. The Labute approximate surface area is 103 Å². The lowest BCUT2D eigenvalue weighted by Gasteiger charge is -2.08. The topological polar surface area (TPSA) is 26.0 Å². The molecule has 90 valence electrons. The van der Waals surface area contributed by atoms with E-state index in [2.05, 4.69) is 57.1 Å². The molecule has 2 aromatic rings. The molecule has 1 aromatic heterocycles. The van der Waals surface area contributed by atoms with Gasteiger partial charge in [0.15, 0.2) is 0 Å². The van der Waals surface area contributed by atoms with Crippen LogP contribution in [0.5, 0.6) is 0 Å². The van der Waals surface area contributed by atoms with Gasteiger partial charge in [-0.2, -0.15) is 0 Å². The molecule has 0 fully saturated rings. The molecule has 1 aromatic carbocycles. The summed E-state index contributed by atoms with van der Waals surface area (Å²) in [5.74, 6) is 1.71. The van der Waals surface area contributed by atoms with Gasteiger partial charge in [-0.1, -0.05) is 63.2 Å². The molecule has 2 rings (SSSR count). The Hall–Kier alpha value is -1.57. The highest BCUT2D eigenvalue weighted by molar-refractivity contribution is 5.69. The molecule has 0 saturated heterocycles. The first-order valence-electron chi connectivity index (χ1n) is 6.16. The quantitative estimate of drug-likeness (QED) is 0.769. The van der Waals surface area contributed by atoms with Gasteiger partial charge in [0.25, 0.3) is 0 Å². The fourth-order valence-corrected chi connectivity index (χ4v) is 2.00. The third kappa shape index (κ3) is 2.26. The van der Waals surface area contributed by atoms with E-state index in [-0.39, 0.29) is 0 Å². The van der Waals surface area contributed by atoms with Crippen molar-refractivity contribution in [2.45, 2.75) is 39.5 Å². The maximum atomic E-state index is 5.52. The van der Waals surface area contributed by atoms with Crippen LogP contribution in [0.15, 0.2) is 34.9 Å². The molecule has 0 atom stereocenters. The van der Waals surface area contributed by atoms with Gasteiger partial charge in [-0.15, -0.1) is 0 Å². The summed E-state index contributed by atoms with van der Waals surface area (Å²) in [6.07, 6.45) is 0. The lowest BCUT2D eigenvalue weighted by atomic mass is 9.94. The first-order chi connectivity index (χ1) is 8.11. The van der Waals surface area contributed by atoms with Crippen LogP contribution in [0.1, 0.15) is 51.0 Å². The van der Waals surface area contributed by atoms with Gasteiger partial charge < -0.3 is 4.52 Å². The minimum atomic E-state index is 0.352. The number of nitrogens with zero attached hydrogens (tertiary/aromatic N) is 1. The first kappa shape index (κ1) is 11.9. The number of hydrogen-bond donors (Lipinski definition) is 0. The van der Waals surface area contributed by atoms with Crippen LogP contribution in [0.2, 0.25) is 0 Å². The minimum absolute atomic E-state index is 0.352. The predicted molar refractivity (Wildman–Crippen MR) is 70.1 cm³/mol. The molecule has 2 heteroatoms. The van der Waals surface area contributed by atoms with E-state index in [1.165, 1.54) is 11.1 Å².